The van der Waals surface area contributed by atoms with Gasteiger partial charge in [-0.1, -0.05) is 53.5 Å². The van der Waals surface area contributed by atoms with E-state index >= 15 is 0 Å². The smallest absolute Gasteiger partial charge is 0.226 e. The van der Waals surface area contributed by atoms with Crippen molar-refractivity contribution in [3.8, 4) is 0 Å². The first-order valence-corrected chi connectivity index (χ1v) is 9.99. The zero-order valence-electron chi connectivity index (χ0n) is 15.5. The number of nitrogens with zero attached hydrogens (tertiary/aromatic N) is 2. The van der Waals surface area contributed by atoms with Crippen LogP contribution in [0.3, 0.4) is 0 Å². The second-order valence-corrected chi connectivity index (χ2v) is 7.85. The molecular weight excluding hydrogens is 379 g/mol. The summed E-state index contributed by atoms with van der Waals surface area (Å²) in [5.74, 6) is -0.165. The molecule has 146 valence electrons. The van der Waals surface area contributed by atoms with Gasteiger partial charge >= 0.3 is 0 Å². The lowest BCUT2D eigenvalue weighted by Gasteiger charge is -2.32. The third-order valence-electron chi connectivity index (χ3n) is 5.42. The van der Waals surface area contributed by atoms with Crippen molar-refractivity contribution < 1.29 is 14.0 Å². The third-order valence-corrected chi connectivity index (χ3v) is 5.67. The van der Waals surface area contributed by atoms with Gasteiger partial charge in [-0.05, 0) is 36.6 Å². The first kappa shape index (κ1) is 18.9. The lowest BCUT2D eigenvalue weighted by atomic mass is 9.84. The number of carbonyl (C=O) groups excluding carboxylic acids is 1. The van der Waals surface area contributed by atoms with E-state index in [1.165, 1.54) is 6.07 Å². The molecule has 28 heavy (non-hydrogen) atoms. The Morgan fingerprint density at radius 2 is 1.93 bits per heavy atom. The van der Waals surface area contributed by atoms with Crippen molar-refractivity contribution in [3.63, 3.8) is 0 Å². The summed E-state index contributed by atoms with van der Waals surface area (Å²) in [6, 6.07) is 14.0. The molecule has 6 heteroatoms. The van der Waals surface area contributed by atoms with Gasteiger partial charge in [0, 0.05) is 29.5 Å². The van der Waals surface area contributed by atoms with Crippen LogP contribution in [0.5, 0.6) is 0 Å². The lowest BCUT2D eigenvalue weighted by Crippen LogP contribution is -2.42. The Morgan fingerprint density at radius 1 is 1.18 bits per heavy atom. The van der Waals surface area contributed by atoms with Gasteiger partial charge in [0.05, 0.1) is 12.3 Å². The second-order valence-electron chi connectivity index (χ2n) is 7.41. The van der Waals surface area contributed by atoms with Gasteiger partial charge in [-0.15, -0.1) is 0 Å². The van der Waals surface area contributed by atoms with Gasteiger partial charge in [0.2, 0.25) is 5.91 Å². The van der Waals surface area contributed by atoms with Gasteiger partial charge in [-0.25, -0.2) is 4.39 Å². The van der Waals surface area contributed by atoms with Gasteiger partial charge in [-0.3, -0.25) is 4.79 Å². The molecule has 1 atom stereocenters. The molecular formula is C22H22ClFN2O2. The van der Waals surface area contributed by atoms with Crippen LogP contribution in [-0.4, -0.2) is 29.2 Å². The van der Waals surface area contributed by atoms with Crippen molar-refractivity contribution in [2.45, 2.75) is 38.3 Å². The van der Waals surface area contributed by atoms with E-state index in [1.807, 2.05) is 24.3 Å². The van der Waals surface area contributed by atoms with Crippen molar-refractivity contribution in [2.75, 3.05) is 6.54 Å². The average Bonchev–Trinajstić information content (AvgIpc) is 3.10. The van der Waals surface area contributed by atoms with E-state index in [0.29, 0.717) is 23.6 Å². The number of hydrogen-bond donors (Lipinski definition) is 0. The Labute approximate surface area is 168 Å². The number of benzene rings is 2. The minimum absolute atomic E-state index is 0.0461. The van der Waals surface area contributed by atoms with E-state index in [-0.39, 0.29) is 30.3 Å². The second kappa shape index (κ2) is 8.31. The highest BCUT2D eigenvalue weighted by Crippen LogP contribution is 2.30. The molecule has 1 amide bonds. The van der Waals surface area contributed by atoms with Crippen LogP contribution in [0.4, 0.5) is 4.39 Å². The van der Waals surface area contributed by atoms with E-state index in [1.54, 1.807) is 23.1 Å². The van der Waals surface area contributed by atoms with Crippen LogP contribution < -0.4 is 0 Å². The van der Waals surface area contributed by atoms with E-state index < -0.39 is 0 Å². The van der Waals surface area contributed by atoms with E-state index in [4.69, 9.17) is 16.4 Å². The maximum atomic E-state index is 14.1. The molecule has 1 fully saturated rings. The normalized spacial score (nSPS) is 18.9. The van der Waals surface area contributed by atoms with E-state index in [9.17, 15) is 9.18 Å². The fraction of sp³-hybridized carbons (Fsp3) is 0.364. The van der Waals surface area contributed by atoms with Crippen molar-refractivity contribution in [3.05, 3.63) is 70.5 Å². The monoisotopic (exact) mass is 400 g/mol. The minimum atomic E-state index is -0.292. The number of rotatable bonds is 6. The van der Waals surface area contributed by atoms with Crippen LogP contribution in [0.15, 0.2) is 53.7 Å². The Bertz CT molecular complexity index is 880. The minimum Gasteiger partial charge on any atom is -0.390 e. The number of carbonyl (C=O) groups is 1. The standard InChI is InChI=1S/C22H22ClFN2O2/c23-18-10-8-15(9-11-18)21-12-19(28-25-21)14-26(22(27)16-5-3-6-16)13-17-4-1-2-7-20(17)24/h1-2,4,7-11,16,19H,3,5-6,12-14H2. The van der Waals surface area contributed by atoms with Crippen molar-refractivity contribution in [1.29, 1.82) is 0 Å². The number of hydrogen-bond acceptors (Lipinski definition) is 3. The summed E-state index contributed by atoms with van der Waals surface area (Å²) in [5, 5.41) is 4.86. The van der Waals surface area contributed by atoms with Crippen molar-refractivity contribution in [2.24, 2.45) is 11.1 Å². The fourth-order valence-corrected chi connectivity index (χ4v) is 3.69. The topological polar surface area (TPSA) is 41.9 Å². The van der Waals surface area contributed by atoms with Gasteiger partial charge in [-0.2, -0.15) is 0 Å². The Kier molecular flexibility index (Phi) is 5.62. The maximum Gasteiger partial charge on any atom is 0.226 e. The van der Waals surface area contributed by atoms with Gasteiger partial charge in [0.15, 0.2) is 6.10 Å². The van der Waals surface area contributed by atoms with Crippen molar-refractivity contribution >= 4 is 23.2 Å². The lowest BCUT2D eigenvalue weighted by molar-refractivity contribution is -0.140. The Morgan fingerprint density at radius 3 is 2.61 bits per heavy atom. The molecule has 2 aromatic rings. The van der Waals surface area contributed by atoms with Gasteiger partial charge < -0.3 is 9.74 Å². The molecule has 1 aliphatic carbocycles. The zero-order valence-corrected chi connectivity index (χ0v) is 16.2. The first-order valence-electron chi connectivity index (χ1n) is 9.61. The Hall–Kier alpha value is -2.40. The number of oxime groups is 1. The van der Waals surface area contributed by atoms with Crippen LogP contribution in [0.2, 0.25) is 5.02 Å². The molecule has 0 bridgehead atoms. The SMILES string of the molecule is O=C(C1CCC1)N(Cc1ccccc1F)CC1CC(c2ccc(Cl)cc2)=NO1. The average molecular weight is 401 g/mol. The third kappa shape index (κ3) is 4.20. The molecule has 0 saturated heterocycles. The van der Waals surface area contributed by atoms with Gasteiger partial charge in [0.25, 0.3) is 0 Å². The molecule has 0 spiro atoms. The summed E-state index contributed by atoms with van der Waals surface area (Å²) in [6.07, 6.45) is 3.26. The molecule has 4 nitrogen and oxygen atoms in total. The molecule has 1 heterocycles. The van der Waals surface area contributed by atoms with Gasteiger partial charge in [0.1, 0.15) is 5.82 Å². The molecule has 2 aliphatic rings. The summed E-state index contributed by atoms with van der Waals surface area (Å²) >= 11 is 5.94. The summed E-state index contributed by atoms with van der Waals surface area (Å²) in [4.78, 5) is 20.2. The molecule has 1 unspecified atom stereocenters. The zero-order chi connectivity index (χ0) is 19.5. The first-order chi connectivity index (χ1) is 13.6. The highest BCUT2D eigenvalue weighted by molar-refractivity contribution is 6.30. The largest absolute Gasteiger partial charge is 0.390 e. The van der Waals surface area contributed by atoms with Crippen LogP contribution in [0.1, 0.15) is 36.8 Å². The predicted octanol–water partition coefficient (Wildman–Crippen LogP) is 4.80. The highest BCUT2D eigenvalue weighted by Gasteiger charge is 2.33. The molecule has 1 saturated carbocycles. The van der Waals surface area contributed by atoms with E-state index in [2.05, 4.69) is 5.16 Å². The Balaban J connectivity index is 1.44. The highest BCUT2D eigenvalue weighted by atomic mass is 35.5. The maximum absolute atomic E-state index is 14.1. The summed E-state index contributed by atoms with van der Waals surface area (Å²) in [6.45, 7) is 0.641. The predicted molar refractivity (Wildman–Crippen MR) is 107 cm³/mol. The molecule has 4 rings (SSSR count). The molecule has 0 aromatic heterocycles. The molecule has 2 aromatic carbocycles. The summed E-state index contributed by atoms with van der Waals surface area (Å²) in [7, 11) is 0. The van der Waals surface area contributed by atoms with E-state index in [0.717, 1.165) is 30.5 Å². The van der Waals surface area contributed by atoms with Crippen LogP contribution in [0, 0.1) is 11.7 Å². The van der Waals surface area contributed by atoms with Crippen LogP contribution in [0.25, 0.3) is 0 Å². The fourth-order valence-electron chi connectivity index (χ4n) is 3.56. The molecule has 0 radical (unpaired) electrons. The van der Waals surface area contributed by atoms with Crippen LogP contribution >= 0.6 is 11.6 Å². The van der Waals surface area contributed by atoms with Crippen LogP contribution in [-0.2, 0) is 16.2 Å². The molecule has 0 N–H and O–H groups in total. The summed E-state index contributed by atoms with van der Waals surface area (Å²) in [5.41, 5.74) is 2.31. The number of halogens is 2. The van der Waals surface area contributed by atoms with Crippen molar-refractivity contribution in [1.82, 2.24) is 4.90 Å². The number of amides is 1. The quantitative estimate of drug-likeness (QED) is 0.698. The molecule has 1 aliphatic heterocycles. The summed E-state index contributed by atoms with van der Waals surface area (Å²) < 4.78 is 14.1.